The Labute approximate surface area is 129 Å². The molecule has 1 aliphatic heterocycles. The van der Waals surface area contributed by atoms with E-state index in [2.05, 4.69) is 10.1 Å². The van der Waals surface area contributed by atoms with Gasteiger partial charge in [-0.05, 0) is 37.1 Å². The van der Waals surface area contributed by atoms with Crippen LogP contribution in [0.5, 0.6) is 5.75 Å². The summed E-state index contributed by atoms with van der Waals surface area (Å²) in [6.07, 6.45) is 1.73. The first kappa shape index (κ1) is 14.6. The first-order valence-corrected chi connectivity index (χ1v) is 7.41. The van der Waals surface area contributed by atoms with Gasteiger partial charge in [0.1, 0.15) is 5.75 Å². The van der Waals surface area contributed by atoms with E-state index in [0.29, 0.717) is 11.7 Å². The summed E-state index contributed by atoms with van der Waals surface area (Å²) >= 11 is 0. The number of hydrogen-bond acceptors (Lipinski definition) is 5. The molecule has 2 aromatic rings. The maximum absolute atomic E-state index is 11.3. The van der Waals surface area contributed by atoms with Crippen molar-refractivity contribution in [2.75, 3.05) is 20.2 Å². The molecule has 0 unspecified atom stereocenters. The fraction of sp³-hybridized carbons (Fsp3) is 0.438. The van der Waals surface area contributed by atoms with Crippen LogP contribution in [0.2, 0.25) is 0 Å². The van der Waals surface area contributed by atoms with Gasteiger partial charge >= 0.3 is 0 Å². The Morgan fingerprint density at radius 3 is 2.55 bits per heavy atom. The number of benzene rings is 1. The number of methoxy groups -OCH3 is 1. The summed E-state index contributed by atoms with van der Waals surface area (Å²) in [5.74, 6) is 2.41. The van der Waals surface area contributed by atoms with Gasteiger partial charge in [0, 0.05) is 31.5 Å². The average Bonchev–Trinajstić information content (AvgIpc) is 3.05. The number of hydrogen-bond donors (Lipinski definition) is 0. The fourth-order valence-electron chi connectivity index (χ4n) is 2.70. The quantitative estimate of drug-likeness (QED) is 0.871. The van der Waals surface area contributed by atoms with Crippen molar-refractivity contribution in [3.8, 4) is 17.1 Å². The van der Waals surface area contributed by atoms with Gasteiger partial charge in [-0.1, -0.05) is 5.16 Å². The summed E-state index contributed by atoms with van der Waals surface area (Å²) in [5.41, 5.74) is 0.900. The van der Waals surface area contributed by atoms with Crippen LogP contribution in [0.15, 0.2) is 28.8 Å². The largest absolute Gasteiger partial charge is 0.497 e. The van der Waals surface area contributed by atoms with E-state index in [1.165, 1.54) is 0 Å². The Hall–Kier alpha value is -2.37. The van der Waals surface area contributed by atoms with Crippen LogP contribution in [0.25, 0.3) is 11.4 Å². The van der Waals surface area contributed by atoms with Crippen molar-refractivity contribution in [1.29, 1.82) is 0 Å². The van der Waals surface area contributed by atoms with E-state index in [-0.39, 0.29) is 11.8 Å². The molecule has 0 radical (unpaired) electrons. The second-order valence-electron chi connectivity index (χ2n) is 5.47. The number of amides is 1. The number of piperidine rings is 1. The number of nitrogens with zero attached hydrogens (tertiary/aromatic N) is 3. The molecule has 1 amide bonds. The normalized spacial score (nSPS) is 15.8. The number of aromatic nitrogens is 2. The van der Waals surface area contributed by atoms with Crippen LogP contribution in [0.3, 0.4) is 0 Å². The molecule has 6 nitrogen and oxygen atoms in total. The fourth-order valence-corrected chi connectivity index (χ4v) is 2.70. The number of likely N-dealkylation sites (tertiary alicyclic amines) is 1. The summed E-state index contributed by atoms with van der Waals surface area (Å²) in [6, 6.07) is 7.56. The van der Waals surface area contributed by atoms with Gasteiger partial charge in [-0.2, -0.15) is 4.98 Å². The van der Waals surface area contributed by atoms with Crippen molar-refractivity contribution in [3.63, 3.8) is 0 Å². The van der Waals surface area contributed by atoms with Gasteiger partial charge in [-0.25, -0.2) is 0 Å². The van der Waals surface area contributed by atoms with E-state index < -0.39 is 0 Å². The predicted octanol–water partition coefficient (Wildman–Crippen LogP) is 2.47. The highest BCUT2D eigenvalue weighted by Crippen LogP contribution is 2.28. The zero-order chi connectivity index (χ0) is 15.5. The minimum atomic E-state index is 0.128. The van der Waals surface area contributed by atoms with Gasteiger partial charge in [0.25, 0.3) is 0 Å². The van der Waals surface area contributed by atoms with Gasteiger partial charge < -0.3 is 14.2 Å². The predicted molar refractivity (Wildman–Crippen MR) is 80.5 cm³/mol. The number of rotatable bonds is 3. The van der Waals surface area contributed by atoms with Crippen LogP contribution in [0, 0.1) is 0 Å². The summed E-state index contributed by atoms with van der Waals surface area (Å²) in [6.45, 7) is 3.11. The zero-order valence-corrected chi connectivity index (χ0v) is 12.8. The third-order valence-corrected chi connectivity index (χ3v) is 4.08. The second-order valence-corrected chi connectivity index (χ2v) is 5.47. The Morgan fingerprint density at radius 1 is 1.27 bits per heavy atom. The van der Waals surface area contributed by atoms with Gasteiger partial charge in [-0.3, -0.25) is 4.79 Å². The lowest BCUT2D eigenvalue weighted by Gasteiger charge is -2.29. The molecular weight excluding hydrogens is 282 g/mol. The van der Waals surface area contributed by atoms with Crippen molar-refractivity contribution in [2.45, 2.75) is 25.7 Å². The van der Waals surface area contributed by atoms with Crippen LogP contribution in [0.4, 0.5) is 0 Å². The SMILES string of the molecule is COc1ccc(-c2noc(C3CCN(C(C)=O)CC3)n2)cc1. The van der Waals surface area contributed by atoms with E-state index in [9.17, 15) is 4.79 Å². The van der Waals surface area contributed by atoms with Gasteiger partial charge in [0.2, 0.25) is 17.6 Å². The van der Waals surface area contributed by atoms with E-state index in [1.54, 1.807) is 14.0 Å². The molecule has 1 saturated heterocycles. The smallest absolute Gasteiger partial charge is 0.230 e. The van der Waals surface area contributed by atoms with E-state index in [0.717, 1.165) is 37.2 Å². The van der Waals surface area contributed by atoms with Crippen molar-refractivity contribution >= 4 is 5.91 Å². The average molecular weight is 301 g/mol. The molecular formula is C16H19N3O3. The third-order valence-electron chi connectivity index (χ3n) is 4.08. The van der Waals surface area contributed by atoms with Crippen molar-refractivity contribution in [3.05, 3.63) is 30.2 Å². The highest BCUT2D eigenvalue weighted by molar-refractivity contribution is 5.73. The molecule has 1 aromatic carbocycles. The highest BCUT2D eigenvalue weighted by Gasteiger charge is 2.26. The Bertz CT molecular complexity index is 643. The summed E-state index contributed by atoms with van der Waals surface area (Å²) < 4.78 is 10.6. The first-order valence-electron chi connectivity index (χ1n) is 7.41. The molecule has 6 heteroatoms. The van der Waals surface area contributed by atoms with Gasteiger partial charge in [-0.15, -0.1) is 0 Å². The lowest BCUT2D eigenvalue weighted by atomic mass is 9.97. The molecule has 2 heterocycles. The molecule has 0 spiro atoms. The molecule has 116 valence electrons. The van der Waals surface area contributed by atoms with Crippen LogP contribution in [0.1, 0.15) is 31.6 Å². The van der Waals surface area contributed by atoms with Crippen LogP contribution in [-0.2, 0) is 4.79 Å². The Kier molecular flexibility index (Phi) is 4.09. The van der Waals surface area contributed by atoms with Gasteiger partial charge in [0.15, 0.2) is 0 Å². The molecule has 1 aliphatic rings. The maximum atomic E-state index is 11.3. The molecule has 0 bridgehead atoms. The monoisotopic (exact) mass is 301 g/mol. The highest BCUT2D eigenvalue weighted by atomic mass is 16.5. The van der Waals surface area contributed by atoms with Crippen LogP contribution < -0.4 is 4.74 Å². The summed E-state index contributed by atoms with van der Waals surface area (Å²) in [4.78, 5) is 17.7. The molecule has 1 fully saturated rings. The number of ether oxygens (including phenoxy) is 1. The minimum absolute atomic E-state index is 0.128. The summed E-state index contributed by atoms with van der Waals surface area (Å²) in [5, 5.41) is 4.06. The molecule has 22 heavy (non-hydrogen) atoms. The number of carbonyl (C=O) groups is 1. The van der Waals surface area contributed by atoms with E-state index in [4.69, 9.17) is 9.26 Å². The maximum Gasteiger partial charge on any atom is 0.230 e. The van der Waals surface area contributed by atoms with Crippen molar-refractivity contribution in [2.24, 2.45) is 0 Å². The Morgan fingerprint density at radius 2 is 1.95 bits per heavy atom. The molecule has 0 N–H and O–H groups in total. The topological polar surface area (TPSA) is 68.5 Å². The second kappa shape index (κ2) is 6.17. The first-order chi connectivity index (χ1) is 10.7. The van der Waals surface area contributed by atoms with Gasteiger partial charge in [0.05, 0.1) is 7.11 Å². The third kappa shape index (κ3) is 2.95. The molecule has 0 aliphatic carbocycles. The molecule has 0 saturated carbocycles. The van der Waals surface area contributed by atoms with Crippen molar-refractivity contribution < 1.29 is 14.1 Å². The number of carbonyl (C=O) groups excluding carboxylic acids is 1. The van der Waals surface area contributed by atoms with Crippen LogP contribution in [-0.4, -0.2) is 41.1 Å². The standard InChI is InChI=1S/C16H19N3O3/c1-11(20)19-9-7-13(8-10-19)16-17-15(18-22-16)12-3-5-14(21-2)6-4-12/h3-6,13H,7-10H2,1-2H3. The van der Waals surface area contributed by atoms with E-state index >= 15 is 0 Å². The van der Waals surface area contributed by atoms with E-state index in [1.807, 2.05) is 29.2 Å². The lowest BCUT2D eigenvalue weighted by molar-refractivity contribution is -0.129. The summed E-state index contributed by atoms with van der Waals surface area (Å²) in [7, 11) is 1.63. The Balaban J connectivity index is 1.70. The molecule has 3 rings (SSSR count). The lowest BCUT2D eigenvalue weighted by Crippen LogP contribution is -2.36. The van der Waals surface area contributed by atoms with Crippen LogP contribution >= 0.6 is 0 Å². The zero-order valence-electron chi connectivity index (χ0n) is 12.8. The molecule has 1 aromatic heterocycles. The molecule has 0 atom stereocenters. The minimum Gasteiger partial charge on any atom is -0.497 e. The van der Waals surface area contributed by atoms with Crippen molar-refractivity contribution in [1.82, 2.24) is 15.0 Å².